The van der Waals surface area contributed by atoms with E-state index >= 15 is 0 Å². The average Bonchev–Trinajstić information content (AvgIpc) is 2.98. The first kappa shape index (κ1) is 15.6. The van der Waals surface area contributed by atoms with Crippen LogP contribution in [0.3, 0.4) is 0 Å². The Bertz CT molecular complexity index is 839. The zero-order valence-corrected chi connectivity index (χ0v) is 13.6. The van der Waals surface area contributed by atoms with Gasteiger partial charge in [-0.05, 0) is 55.8 Å². The third-order valence-corrected chi connectivity index (χ3v) is 3.89. The van der Waals surface area contributed by atoms with Gasteiger partial charge in [-0.15, -0.1) is 0 Å². The minimum atomic E-state index is -0.338. The highest BCUT2D eigenvalue weighted by atomic mass is 35.5. The van der Waals surface area contributed by atoms with Gasteiger partial charge in [0.15, 0.2) is 5.58 Å². The number of benzene rings is 2. The summed E-state index contributed by atoms with van der Waals surface area (Å²) >= 11 is 5.89. The van der Waals surface area contributed by atoms with E-state index in [0.29, 0.717) is 28.6 Å². The number of halogens is 1. The number of hydrogen-bond donors (Lipinski definition) is 0. The molecular weight excluding hydrogens is 314 g/mol. The molecule has 0 saturated heterocycles. The average molecular weight is 330 g/mol. The fourth-order valence-electron chi connectivity index (χ4n) is 2.33. The molecule has 1 aromatic heterocycles. The van der Waals surface area contributed by atoms with Crippen LogP contribution in [0.5, 0.6) is 0 Å². The summed E-state index contributed by atoms with van der Waals surface area (Å²) in [6.07, 6.45) is 0. The second-order valence-electron chi connectivity index (χ2n) is 5.23. The fourth-order valence-corrected chi connectivity index (χ4v) is 2.46. The second-order valence-corrected chi connectivity index (χ2v) is 5.66. The molecule has 3 aromatic rings. The standard InChI is InChI=1S/C18H16ClNO3/c1-3-22-18(21)11(2)13-6-9-16-15(10-13)20-17(23-16)12-4-7-14(19)8-5-12/h4-11H,3H2,1-2H3. The van der Waals surface area contributed by atoms with Gasteiger partial charge in [-0.2, -0.15) is 0 Å². The largest absolute Gasteiger partial charge is 0.466 e. The molecule has 2 aromatic carbocycles. The number of rotatable bonds is 4. The van der Waals surface area contributed by atoms with Gasteiger partial charge < -0.3 is 9.15 Å². The first-order chi connectivity index (χ1) is 11.1. The van der Waals surface area contributed by atoms with Gasteiger partial charge in [0.2, 0.25) is 5.89 Å². The Balaban J connectivity index is 1.94. The smallest absolute Gasteiger partial charge is 0.313 e. The Morgan fingerprint density at radius 3 is 2.70 bits per heavy atom. The van der Waals surface area contributed by atoms with E-state index in [1.165, 1.54) is 0 Å². The van der Waals surface area contributed by atoms with Gasteiger partial charge in [0.25, 0.3) is 0 Å². The van der Waals surface area contributed by atoms with Crippen molar-refractivity contribution < 1.29 is 13.9 Å². The van der Waals surface area contributed by atoms with Gasteiger partial charge in [-0.1, -0.05) is 17.7 Å². The predicted octanol–water partition coefficient (Wildman–Crippen LogP) is 4.81. The topological polar surface area (TPSA) is 52.3 Å². The number of nitrogens with zero attached hydrogens (tertiary/aromatic N) is 1. The van der Waals surface area contributed by atoms with E-state index in [1.807, 2.05) is 37.3 Å². The molecule has 0 aliphatic rings. The third-order valence-electron chi connectivity index (χ3n) is 3.64. The summed E-state index contributed by atoms with van der Waals surface area (Å²) < 4.78 is 10.8. The Morgan fingerprint density at radius 2 is 2.00 bits per heavy atom. The number of oxazole rings is 1. The summed E-state index contributed by atoms with van der Waals surface area (Å²) in [5.74, 6) is -0.0547. The van der Waals surface area contributed by atoms with Crippen LogP contribution in [-0.4, -0.2) is 17.6 Å². The minimum absolute atomic E-state index is 0.242. The molecule has 1 heterocycles. The summed E-state index contributed by atoms with van der Waals surface area (Å²) in [4.78, 5) is 16.4. The van der Waals surface area contributed by atoms with Crippen LogP contribution in [-0.2, 0) is 9.53 Å². The number of hydrogen-bond acceptors (Lipinski definition) is 4. The van der Waals surface area contributed by atoms with Crippen molar-refractivity contribution in [1.29, 1.82) is 0 Å². The Labute approximate surface area is 139 Å². The summed E-state index contributed by atoms with van der Waals surface area (Å²) in [7, 11) is 0. The molecule has 4 nitrogen and oxygen atoms in total. The summed E-state index contributed by atoms with van der Waals surface area (Å²) in [6, 6.07) is 12.8. The lowest BCUT2D eigenvalue weighted by Gasteiger charge is -2.10. The van der Waals surface area contributed by atoms with E-state index in [0.717, 1.165) is 11.1 Å². The normalized spacial score (nSPS) is 12.3. The van der Waals surface area contributed by atoms with E-state index in [9.17, 15) is 4.79 Å². The van der Waals surface area contributed by atoms with Crippen LogP contribution >= 0.6 is 11.6 Å². The lowest BCUT2D eigenvalue weighted by atomic mass is 10.0. The lowest BCUT2D eigenvalue weighted by molar-refractivity contribution is -0.144. The quantitative estimate of drug-likeness (QED) is 0.644. The van der Waals surface area contributed by atoms with Crippen molar-refractivity contribution in [2.24, 2.45) is 0 Å². The number of ether oxygens (including phenoxy) is 1. The Kier molecular flexibility index (Phi) is 4.35. The molecule has 0 bridgehead atoms. The molecule has 0 N–H and O–H groups in total. The highest BCUT2D eigenvalue weighted by Crippen LogP contribution is 2.28. The monoisotopic (exact) mass is 329 g/mol. The number of carbonyl (C=O) groups excluding carboxylic acids is 1. The molecule has 23 heavy (non-hydrogen) atoms. The molecule has 118 valence electrons. The summed E-state index contributed by atoms with van der Waals surface area (Å²) in [5, 5.41) is 0.662. The molecule has 0 radical (unpaired) electrons. The SMILES string of the molecule is CCOC(=O)C(C)c1ccc2oc(-c3ccc(Cl)cc3)nc2c1. The molecule has 0 fully saturated rings. The first-order valence-electron chi connectivity index (χ1n) is 7.41. The molecular formula is C18H16ClNO3. The van der Waals surface area contributed by atoms with Gasteiger partial charge in [-0.25, -0.2) is 4.98 Å². The molecule has 0 amide bonds. The maximum Gasteiger partial charge on any atom is 0.313 e. The first-order valence-corrected chi connectivity index (χ1v) is 7.79. The predicted molar refractivity (Wildman–Crippen MR) is 89.5 cm³/mol. The molecule has 1 unspecified atom stereocenters. The molecule has 1 atom stereocenters. The van der Waals surface area contributed by atoms with Crippen molar-refractivity contribution in [2.75, 3.05) is 6.61 Å². The molecule has 0 spiro atoms. The van der Waals surface area contributed by atoms with Crippen molar-refractivity contribution >= 4 is 28.7 Å². The fraction of sp³-hybridized carbons (Fsp3) is 0.222. The number of aromatic nitrogens is 1. The van der Waals surface area contributed by atoms with Gasteiger partial charge >= 0.3 is 5.97 Å². The molecule has 0 saturated carbocycles. The summed E-state index contributed by atoms with van der Waals surface area (Å²) in [5.41, 5.74) is 3.09. The van der Waals surface area contributed by atoms with Crippen LogP contribution in [0, 0.1) is 0 Å². The van der Waals surface area contributed by atoms with E-state index < -0.39 is 0 Å². The van der Waals surface area contributed by atoms with Gasteiger partial charge in [0.05, 0.1) is 12.5 Å². The molecule has 3 rings (SSSR count). The van der Waals surface area contributed by atoms with Crippen LogP contribution in [0.1, 0.15) is 25.3 Å². The van der Waals surface area contributed by atoms with Crippen LogP contribution in [0.4, 0.5) is 0 Å². The van der Waals surface area contributed by atoms with Gasteiger partial charge in [0, 0.05) is 10.6 Å². The zero-order valence-electron chi connectivity index (χ0n) is 12.9. The third kappa shape index (κ3) is 3.22. The van der Waals surface area contributed by atoms with Crippen molar-refractivity contribution in [1.82, 2.24) is 4.98 Å². The van der Waals surface area contributed by atoms with E-state index in [4.69, 9.17) is 20.8 Å². The maximum absolute atomic E-state index is 11.9. The molecule has 5 heteroatoms. The van der Waals surface area contributed by atoms with Crippen molar-refractivity contribution in [2.45, 2.75) is 19.8 Å². The van der Waals surface area contributed by atoms with Crippen LogP contribution < -0.4 is 0 Å². The van der Waals surface area contributed by atoms with Crippen molar-refractivity contribution in [3.63, 3.8) is 0 Å². The maximum atomic E-state index is 11.9. The number of fused-ring (bicyclic) bond motifs is 1. The summed E-state index contributed by atoms with van der Waals surface area (Å²) in [6.45, 7) is 3.99. The zero-order chi connectivity index (χ0) is 16.4. The van der Waals surface area contributed by atoms with Gasteiger partial charge in [-0.3, -0.25) is 4.79 Å². The van der Waals surface area contributed by atoms with E-state index in [1.54, 1.807) is 19.1 Å². The van der Waals surface area contributed by atoms with E-state index in [2.05, 4.69) is 4.98 Å². The number of carbonyl (C=O) groups is 1. The molecule has 0 aliphatic carbocycles. The minimum Gasteiger partial charge on any atom is -0.466 e. The molecule has 0 aliphatic heterocycles. The van der Waals surface area contributed by atoms with Crippen LogP contribution in [0.15, 0.2) is 46.9 Å². The van der Waals surface area contributed by atoms with Crippen LogP contribution in [0.25, 0.3) is 22.6 Å². The van der Waals surface area contributed by atoms with Crippen molar-refractivity contribution in [3.8, 4) is 11.5 Å². The van der Waals surface area contributed by atoms with Gasteiger partial charge in [0.1, 0.15) is 5.52 Å². The Morgan fingerprint density at radius 1 is 1.26 bits per heavy atom. The van der Waals surface area contributed by atoms with E-state index in [-0.39, 0.29) is 11.9 Å². The van der Waals surface area contributed by atoms with Crippen molar-refractivity contribution in [3.05, 3.63) is 53.1 Å². The van der Waals surface area contributed by atoms with Crippen LogP contribution in [0.2, 0.25) is 5.02 Å². The number of esters is 1. The lowest BCUT2D eigenvalue weighted by Crippen LogP contribution is -2.12. The highest BCUT2D eigenvalue weighted by molar-refractivity contribution is 6.30. The highest BCUT2D eigenvalue weighted by Gasteiger charge is 2.18. The second kappa shape index (κ2) is 6.42. The Hall–Kier alpha value is -2.33.